The molecule has 0 unspecified atom stereocenters. The predicted octanol–water partition coefficient (Wildman–Crippen LogP) is 4.02. The van der Waals surface area contributed by atoms with Gasteiger partial charge in [-0.1, -0.05) is 20.8 Å². The molecule has 0 aliphatic heterocycles. The Kier molecular flexibility index (Phi) is 4.32. The Labute approximate surface area is 101 Å². The van der Waals surface area contributed by atoms with E-state index >= 15 is 0 Å². The van der Waals surface area contributed by atoms with E-state index in [1.54, 1.807) is 6.07 Å². The first-order chi connectivity index (χ1) is 7.79. The molecule has 0 aliphatic carbocycles. The van der Waals surface area contributed by atoms with Crippen LogP contribution in [0.4, 0.5) is 14.5 Å². The number of benzene rings is 1. The predicted molar refractivity (Wildman–Crippen MR) is 65.4 cm³/mol. The van der Waals surface area contributed by atoms with Crippen molar-refractivity contribution in [3.8, 4) is 5.75 Å². The van der Waals surface area contributed by atoms with E-state index in [2.05, 4.69) is 20.8 Å². The highest BCUT2D eigenvalue weighted by atomic mass is 19.3. The van der Waals surface area contributed by atoms with Crippen molar-refractivity contribution in [2.45, 2.75) is 33.6 Å². The molecule has 0 bridgehead atoms. The molecule has 96 valence electrons. The van der Waals surface area contributed by atoms with Gasteiger partial charge in [0.05, 0.1) is 12.2 Å². The minimum Gasteiger partial charge on any atom is -0.493 e. The van der Waals surface area contributed by atoms with Crippen molar-refractivity contribution in [1.82, 2.24) is 0 Å². The van der Waals surface area contributed by atoms with Crippen molar-refractivity contribution >= 4 is 5.69 Å². The van der Waals surface area contributed by atoms with Crippen molar-refractivity contribution in [2.24, 2.45) is 5.41 Å². The fourth-order valence-corrected chi connectivity index (χ4v) is 1.34. The molecule has 0 atom stereocenters. The molecule has 0 fully saturated rings. The summed E-state index contributed by atoms with van der Waals surface area (Å²) in [6.45, 7) is 6.65. The molecule has 0 saturated heterocycles. The van der Waals surface area contributed by atoms with Gasteiger partial charge in [-0.15, -0.1) is 0 Å². The zero-order chi connectivity index (χ0) is 13.1. The number of rotatable bonds is 4. The Morgan fingerprint density at radius 2 is 1.94 bits per heavy atom. The molecule has 0 aromatic heterocycles. The zero-order valence-electron chi connectivity index (χ0n) is 10.5. The number of nitrogen functional groups attached to an aromatic ring is 1. The number of hydrogen-bond donors (Lipinski definition) is 1. The normalized spacial score (nSPS) is 11.9. The van der Waals surface area contributed by atoms with Gasteiger partial charge in [-0.2, -0.15) is 0 Å². The van der Waals surface area contributed by atoms with Crippen LogP contribution in [0.5, 0.6) is 5.75 Å². The zero-order valence-corrected chi connectivity index (χ0v) is 10.5. The molecular weight excluding hydrogens is 224 g/mol. The average molecular weight is 243 g/mol. The van der Waals surface area contributed by atoms with Crippen molar-refractivity contribution in [3.63, 3.8) is 0 Å². The number of ether oxygens (including phenoxy) is 1. The minimum atomic E-state index is -2.57. The molecule has 2 N–H and O–H groups in total. The van der Waals surface area contributed by atoms with Crippen LogP contribution in [-0.2, 0) is 0 Å². The molecule has 4 heteroatoms. The monoisotopic (exact) mass is 243 g/mol. The number of anilines is 1. The molecule has 1 rings (SSSR count). The van der Waals surface area contributed by atoms with Gasteiger partial charge in [0.1, 0.15) is 5.75 Å². The fourth-order valence-electron chi connectivity index (χ4n) is 1.34. The Hall–Kier alpha value is -1.32. The lowest BCUT2D eigenvalue weighted by Gasteiger charge is -2.19. The van der Waals surface area contributed by atoms with Crippen LogP contribution in [0, 0.1) is 5.41 Å². The molecular formula is C13H19F2NO. The lowest BCUT2D eigenvalue weighted by molar-refractivity contribution is 0.143. The summed E-state index contributed by atoms with van der Waals surface area (Å²) in [5.74, 6) is 0.221. The minimum absolute atomic E-state index is 0.124. The summed E-state index contributed by atoms with van der Waals surface area (Å²) < 4.78 is 30.9. The van der Waals surface area contributed by atoms with Crippen molar-refractivity contribution in [3.05, 3.63) is 23.8 Å². The Bertz CT molecular complexity index is 372. The van der Waals surface area contributed by atoms with E-state index in [0.29, 0.717) is 12.3 Å². The molecule has 0 saturated carbocycles. The van der Waals surface area contributed by atoms with Crippen molar-refractivity contribution < 1.29 is 13.5 Å². The Morgan fingerprint density at radius 3 is 2.47 bits per heavy atom. The molecule has 1 aromatic carbocycles. The van der Waals surface area contributed by atoms with Gasteiger partial charge in [0, 0.05) is 5.69 Å². The van der Waals surface area contributed by atoms with Crippen LogP contribution < -0.4 is 10.5 Å². The summed E-state index contributed by atoms with van der Waals surface area (Å²) in [6.07, 6.45) is -1.76. The first-order valence-electron chi connectivity index (χ1n) is 5.60. The molecule has 0 aliphatic rings. The summed E-state index contributed by atoms with van der Waals surface area (Å²) in [5, 5.41) is 0. The SMILES string of the molecule is CC(C)(C)CCOc1ccc(N)cc1C(F)F. The maximum Gasteiger partial charge on any atom is 0.267 e. The van der Waals surface area contributed by atoms with E-state index in [1.807, 2.05) is 0 Å². The van der Waals surface area contributed by atoms with E-state index in [1.165, 1.54) is 12.1 Å². The van der Waals surface area contributed by atoms with Crippen LogP contribution in [0.3, 0.4) is 0 Å². The summed E-state index contributed by atoms with van der Waals surface area (Å²) >= 11 is 0. The van der Waals surface area contributed by atoms with Gasteiger partial charge < -0.3 is 10.5 Å². The van der Waals surface area contributed by atoms with Gasteiger partial charge in [-0.05, 0) is 30.0 Å². The Morgan fingerprint density at radius 1 is 1.29 bits per heavy atom. The standard InChI is InChI=1S/C13H19F2NO/c1-13(2,3)6-7-17-11-5-4-9(16)8-10(11)12(14)15/h4-5,8,12H,6-7,16H2,1-3H3. The molecule has 0 heterocycles. The number of hydrogen-bond acceptors (Lipinski definition) is 2. The first kappa shape index (κ1) is 13.7. The lowest BCUT2D eigenvalue weighted by Crippen LogP contribution is -2.11. The van der Waals surface area contributed by atoms with Crippen molar-refractivity contribution in [1.29, 1.82) is 0 Å². The average Bonchev–Trinajstić information content (AvgIpc) is 2.18. The third kappa shape index (κ3) is 4.59. The van der Waals surface area contributed by atoms with Crippen LogP contribution in [-0.4, -0.2) is 6.61 Å². The van der Waals surface area contributed by atoms with Crippen LogP contribution in [0.2, 0.25) is 0 Å². The Balaban J connectivity index is 2.70. The van der Waals surface area contributed by atoms with Crippen LogP contribution in [0.15, 0.2) is 18.2 Å². The number of halogens is 2. The summed E-state index contributed by atoms with van der Waals surface area (Å²) in [6, 6.07) is 4.33. The van der Waals surface area contributed by atoms with Crippen LogP contribution >= 0.6 is 0 Å². The fraction of sp³-hybridized carbons (Fsp3) is 0.538. The van der Waals surface area contributed by atoms with E-state index in [-0.39, 0.29) is 16.7 Å². The summed E-state index contributed by atoms with van der Waals surface area (Å²) in [7, 11) is 0. The second-order valence-corrected chi connectivity index (χ2v) is 5.26. The highest BCUT2D eigenvalue weighted by molar-refractivity contribution is 5.48. The third-order valence-corrected chi connectivity index (χ3v) is 2.38. The quantitative estimate of drug-likeness (QED) is 0.810. The van der Waals surface area contributed by atoms with Gasteiger partial charge in [0.25, 0.3) is 6.43 Å². The summed E-state index contributed by atoms with van der Waals surface area (Å²) in [5.41, 5.74) is 5.78. The second kappa shape index (κ2) is 5.34. The number of alkyl halides is 2. The van der Waals surface area contributed by atoms with Gasteiger partial charge in [-0.3, -0.25) is 0 Å². The first-order valence-corrected chi connectivity index (χ1v) is 5.60. The van der Waals surface area contributed by atoms with Gasteiger partial charge in [0.15, 0.2) is 0 Å². The molecule has 0 amide bonds. The third-order valence-electron chi connectivity index (χ3n) is 2.38. The molecule has 17 heavy (non-hydrogen) atoms. The molecule has 0 spiro atoms. The molecule has 0 radical (unpaired) electrons. The van der Waals surface area contributed by atoms with Crippen LogP contribution in [0.1, 0.15) is 39.2 Å². The van der Waals surface area contributed by atoms with Gasteiger partial charge >= 0.3 is 0 Å². The molecule has 2 nitrogen and oxygen atoms in total. The smallest absolute Gasteiger partial charge is 0.267 e. The van der Waals surface area contributed by atoms with Gasteiger partial charge in [-0.25, -0.2) is 8.78 Å². The topological polar surface area (TPSA) is 35.2 Å². The highest BCUT2D eigenvalue weighted by Gasteiger charge is 2.16. The second-order valence-electron chi connectivity index (χ2n) is 5.26. The summed E-state index contributed by atoms with van der Waals surface area (Å²) in [4.78, 5) is 0. The van der Waals surface area contributed by atoms with E-state index in [9.17, 15) is 8.78 Å². The molecule has 1 aromatic rings. The van der Waals surface area contributed by atoms with E-state index in [0.717, 1.165) is 6.42 Å². The van der Waals surface area contributed by atoms with Crippen LogP contribution in [0.25, 0.3) is 0 Å². The number of nitrogens with two attached hydrogens (primary N) is 1. The van der Waals surface area contributed by atoms with Crippen molar-refractivity contribution in [2.75, 3.05) is 12.3 Å². The maximum atomic E-state index is 12.7. The van der Waals surface area contributed by atoms with Gasteiger partial charge in [0.2, 0.25) is 0 Å². The van der Waals surface area contributed by atoms with E-state index < -0.39 is 6.43 Å². The largest absolute Gasteiger partial charge is 0.493 e. The van der Waals surface area contributed by atoms with E-state index in [4.69, 9.17) is 10.5 Å². The maximum absolute atomic E-state index is 12.7. The lowest BCUT2D eigenvalue weighted by atomic mass is 9.93. The highest BCUT2D eigenvalue weighted by Crippen LogP contribution is 2.31.